The van der Waals surface area contributed by atoms with Crippen molar-refractivity contribution in [3.8, 4) is 17.1 Å². The van der Waals surface area contributed by atoms with E-state index in [0.717, 1.165) is 22.0 Å². The van der Waals surface area contributed by atoms with Crippen LogP contribution >= 0.6 is 23.4 Å². The fourth-order valence-corrected chi connectivity index (χ4v) is 3.90. The Morgan fingerprint density at radius 2 is 1.90 bits per heavy atom. The van der Waals surface area contributed by atoms with Crippen molar-refractivity contribution in [2.45, 2.75) is 10.9 Å². The summed E-state index contributed by atoms with van der Waals surface area (Å²) in [5.41, 5.74) is 8.56. The Kier molecular flexibility index (Phi) is 5.59. The molecule has 2 aromatic carbocycles. The zero-order valence-corrected chi connectivity index (χ0v) is 16.8. The van der Waals surface area contributed by atoms with Crippen LogP contribution in [0.3, 0.4) is 0 Å². The zero-order chi connectivity index (χ0) is 20.2. The van der Waals surface area contributed by atoms with Crippen LogP contribution in [0, 0.1) is 0 Å². The predicted octanol–water partition coefficient (Wildman–Crippen LogP) is 4.37. The Morgan fingerprint density at radius 1 is 1.07 bits per heavy atom. The summed E-state index contributed by atoms with van der Waals surface area (Å²) in [5, 5.41) is 10.1. The van der Waals surface area contributed by atoms with Crippen LogP contribution in [-0.2, 0) is 5.75 Å². The van der Waals surface area contributed by atoms with Crippen LogP contribution in [0.1, 0.15) is 15.9 Å². The smallest absolute Gasteiger partial charge is 0.248 e. The number of carbonyl (C=O) groups excluding carboxylic acids is 1. The average Bonchev–Trinajstić information content (AvgIpc) is 3.17. The highest BCUT2D eigenvalue weighted by atomic mass is 35.5. The van der Waals surface area contributed by atoms with E-state index in [1.807, 2.05) is 53.1 Å². The van der Waals surface area contributed by atoms with Gasteiger partial charge in [0.2, 0.25) is 5.91 Å². The maximum Gasteiger partial charge on any atom is 0.248 e. The lowest BCUT2D eigenvalue weighted by Crippen LogP contribution is -2.10. The van der Waals surface area contributed by atoms with Gasteiger partial charge in [-0.25, -0.2) is 0 Å². The lowest BCUT2D eigenvalue weighted by molar-refractivity contribution is 0.100. The topological polar surface area (TPSA) is 86.7 Å². The molecule has 2 N–H and O–H groups in total. The number of hydrogen-bond acceptors (Lipinski definition) is 5. The van der Waals surface area contributed by atoms with Gasteiger partial charge in [-0.2, -0.15) is 0 Å². The van der Waals surface area contributed by atoms with Crippen molar-refractivity contribution in [1.29, 1.82) is 0 Å². The highest BCUT2D eigenvalue weighted by Crippen LogP contribution is 2.30. The monoisotopic (exact) mass is 421 g/mol. The Morgan fingerprint density at radius 3 is 2.59 bits per heavy atom. The largest absolute Gasteiger partial charge is 0.366 e. The molecule has 4 rings (SSSR count). The summed E-state index contributed by atoms with van der Waals surface area (Å²) in [4.78, 5) is 15.4. The number of hydrogen-bond donors (Lipinski definition) is 1. The first kappa shape index (κ1) is 19.2. The summed E-state index contributed by atoms with van der Waals surface area (Å²) in [5.74, 6) is 0.906. The summed E-state index contributed by atoms with van der Waals surface area (Å²) in [6, 6.07) is 18.6. The van der Waals surface area contributed by atoms with Gasteiger partial charge < -0.3 is 5.73 Å². The fraction of sp³-hybridized carbons (Fsp3) is 0.0476. The standard InChI is InChI=1S/C21H16ClN5OS/c22-17-4-1-5-18(11-17)27-20(16-3-2-10-24-12-16)25-26-21(27)29-13-14-6-8-15(9-7-14)19(23)28/h1-12H,13H2,(H2,23,28). The summed E-state index contributed by atoms with van der Waals surface area (Å²) >= 11 is 7.75. The van der Waals surface area contributed by atoms with Crippen LogP contribution < -0.4 is 5.73 Å². The number of nitrogens with zero attached hydrogens (tertiary/aromatic N) is 4. The minimum atomic E-state index is -0.439. The molecule has 4 aromatic rings. The number of primary amides is 1. The number of nitrogens with two attached hydrogens (primary N) is 1. The molecule has 0 spiro atoms. The van der Waals surface area contributed by atoms with Gasteiger partial charge >= 0.3 is 0 Å². The summed E-state index contributed by atoms with van der Waals surface area (Å²) in [6.07, 6.45) is 3.47. The molecule has 0 atom stereocenters. The highest BCUT2D eigenvalue weighted by molar-refractivity contribution is 7.98. The molecule has 0 aliphatic heterocycles. The second-order valence-corrected chi connectivity index (χ2v) is 7.59. The van der Waals surface area contributed by atoms with Crippen molar-refractivity contribution in [3.63, 3.8) is 0 Å². The summed E-state index contributed by atoms with van der Waals surface area (Å²) in [6.45, 7) is 0. The summed E-state index contributed by atoms with van der Waals surface area (Å²) in [7, 11) is 0. The SMILES string of the molecule is NC(=O)c1ccc(CSc2nnc(-c3cccnc3)n2-c2cccc(Cl)c2)cc1. The van der Waals surface area contributed by atoms with E-state index >= 15 is 0 Å². The van der Waals surface area contributed by atoms with Gasteiger partial charge in [-0.1, -0.05) is 41.6 Å². The van der Waals surface area contributed by atoms with Gasteiger partial charge in [0, 0.05) is 34.3 Å². The van der Waals surface area contributed by atoms with E-state index in [1.54, 1.807) is 36.3 Å². The van der Waals surface area contributed by atoms with E-state index in [9.17, 15) is 4.79 Å². The lowest BCUT2D eigenvalue weighted by atomic mass is 10.1. The fourth-order valence-electron chi connectivity index (χ4n) is 2.81. The first-order valence-corrected chi connectivity index (χ1v) is 10.1. The Bertz CT molecular complexity index is 1150. The molecule has 0 aliphatic carbocycles. The molecule has 0 saturated carbocycles. The van der Waals surface area contributed by atoms with Crippen LogP contribution in [0.4, 0.5) is 0 Å². The van der Waals surface area contributed by atoms with Crippen molar-refractivity contribution < 1.29 is 4.79 Å². The van der Waals surface area contributed by atoms with Crippen molar-refractivity contribution in [2.75, 3.05) is 0 Å². The minimum Gasteiger partial charge on any atom is -0.366 e. The van der Waals surface area contributed by atoms with E-state index in [0.29, 0.717) is 22.2 Å². The van der Waals surface area contributed by atoms with E-state index in [4.69, 9.17) is 17.3 Å². The number of amides is 1. The molecular weight excluding hydrogens is 406 g/mol. The molecule has 0 fully saturated rings. The Balaban J connectivity index is 1.68. The van der Waals surface area contributed by atoms with Crippen LogP contribution in [0.25, 0.3) is 17.1 Å². The quantitative estimate of drug-likeness (QED) is 0.467. The average molecular weight is 422 g/mol. The van der Waals surface area contributed by atoms with Crippen molar-refractivity contribution in [2.24, 2.45) is 5.73 Å². The van der Waals surface area contributed by atoms with Crippen molar-refractivity contribution >= 4 is 29.3 Å². The van der Waals surface area contributed by atoms with E-state index in [1.165, 1.54) is 0 Å². The van der Waals surface area contributed by atoms with Gasteiger partial charge in [0.25, 0.3) is 0 Å². The highest BCUT2D eigenvalue weighted by Gasteiger charge is 2.16. The van der Waals surface area contributed by atoms with Crippen molar-refractivity contribution in [1.82, 2.24) is 19.7 Å². The Labute approximate surface area is 176 Å². The first-order valence-electron chi connectivity index (χ1n) is 8.75. The molecular formula is C21H16ClN5OS. The van der Waals surface area contributed by atoms with E-state index < -0.39 is 5.91 Å². The molecule has 0 unspecified atom stereocenters. The van der Waals surface area contributed by atoms with E-state index in [2.05, 4.69) is 15.2 Å². The zero-order valence-electron chi connectivity index (χ0n) is 15.2. The third-order valence-corrected chi connectivity index (χ3v) is 5.46. The van der Waals surface area contributed by atoms with Crippen LogP contribution in [0.15, 0.2) is 78.2 Å². The molecule has 1 amide bonds. The first-order chi connectivity index (χ1) is 14.1. The number of thioether (sulfide) groups is 1. The maximum absolute atomic E-state index is 11.2. The molecule has 0 saturated heterocycles. The second-order valence-electron chi connectivity index (χ2n) is 6.21. The number of carbonyl (C=O) groups is 1. The van der Waals surface area contributed by atoms with Crippen LogP contribution in [0.5, 0.6) is 0 Å². The predicted molar refractivity (Wildman–Crippen MR) is 114 cm³/mol. The van der Waals surface area contributed by atoms with Gasteiger partial charge in [-0.15, -0.1) is 10.2 Å². The molecule has 2 heterocycles. The third kappa shape index (κ3) is 4.31. The normalized spacial score (nSPS) is 10.8. The minimum absolute atomic E-state index is 0.439. The molecule has 144 valence electrons. The number of pyridine rings is 1. The molecule has 0 aliphatic rings. The summed E-state index contributed by atoms with van der Waals surface area (Å²) < 4.78 is 1.96. The van der Waals surface area contributed by atoms with Gasteiger partial charge in [-0.05, 0) is 48.0 Å². The molecule has 2 aromatic heterocycles. The molecule has 0 radical (unpaired) electrons. The van der Waals surface area contributed by atoms with E-state index in [-0.39, 0.29) is 0 Å². The number of aromatic nitrogens is 4. The molecule has 0 bridgehead atoms. The Hall–Kier alpha value is -3.16. The van der Waals surface area contributed by atoms with Gasteiger partial charge in [0.05, 0.1) is 5.69 Å². The van der Waals surface area contributed by atoms with Crippen LogP contribution in [-0.4, -0.2) is 25.7 Å². The van der Waals surface area contributed by atoms with Crippen molar-refractivity contribution in [3.05, 3.63) is 89.2 Å². The van der Waals surface area contributed by atoms with Gasteiger partial charge in [0.15, 0.2) is 11.0 Å². The molecule has 29 heavy (non-hydrogen) atoms. The maximum atomic E-state index is 11.2. The third-order valence-electron chi connectivity index (χ3n) is 4.23. The van der Waals surface area contributed by atoms with Gasteiger partial charge in [-0.3, -0.25) is 14.3 Å². The number of halogens is 1. The van der Waals surface area contributed by atoms with Crippen LogP contribution in [0.2, 0.25) is 5.02 Å². The number of rotatable bonds is 6. The van der Waals surface area contributed by atoms with Gasteiger partial charge in [0.1, 0.15) is 0 Å². The lowest BCUT2D eigenvalue weighted by Gasteiger charge is -2.11. The number of benzene rings is 2. The molecule has 6 nitrogen and oxygen atoms in total. The molecule has 8 heteroatoms. The second kappa shape index (κ2) is 8.46.